The van der Waals surface area contributed by atoms with Gasteiger partial charge in [0.15, 0.2) is 5.92 Å². The number of carboxylic acids is 2. The van der Waals surface area contributed by atoms with E-state index in [1.807, 2.05) is 18.2 Å². The van der Waals surface area contributed by atoms with Gasteiger partial charge in [-0.3, -0.25) is 9.59 Å². The Morgan fingerprint density at radius 1 is 1.12 bits per heavy atom. The maximum atomic E-state index is 10.8. The quantitative estimate of drug-likeness (QED) is 0.774. The van der Waals surface area contributed by atoms with Crippen LogP contribution >= 0.6 is 0 Å². The van der Waals surface area contributed by atoms with Gasteiger partial charge in [0.2, 0.25) is 0 Å². The summed E-state index contributed by atoms with van der Waals surface area (Å²) in [5.74, 6) is -3.91. The molecule has 1 aromatic carbocycles. The van der Waals surface area contributed by atoms with Crippen LogP contribution in [0.1, 0.15) is 23.1 Å². The first-order chi connectivity index (χ1) is 8.08. The van der Waals surface area contributed by atoms with E-state index in [0.717, 1.165) is 24.8 Å². The van der Waals surface area contributed by atoms with Gasteiger partial charge in [0.25, 0.3) is 0 Å². The molecule has 0 saturated heterocycles. The normalized spacial score (nSPS) is 13.7. The molecule has 4 nitrogen and oxygen atoms in total. The summed E-state index contributed by atoms with van der Waals surface area (Å²) in [6.07, 6.45) is 3.25. The standard InChI is InChI=1S/C13H14O4/c14-12(15)11(13(16)17)7-8-4-5-9-2-1-3-10(9)6-8/h4-6,11H,1-3,7H2,(H,14,15)(H,16,17). The van der Waals surface area contributed by atoms with E-state index in [1.165, 1.54) is 11.1 Å². The molecular formula is C13H14O4. The molecule has 4 heteroatoms. The number of hydrogen-bond acceptors (Lipinski definition) is 2. The largest absolute Gasteiger partial charge is 0.481 e. The molecule has 1 aliphatic carbocycles. The monoisotopic (exact) mass is 234 g/mol. The molecule has 0 atom stereocenters. The van der Waals surface area contributed by atoms with Crippen molar-refractivity contribution in [2.75, 3.05) is 0 Å². The lowest BCUT2D eigenvalue weighted by molar-refractivity contribution is -0.154. The smallest absolute Gasteiger partial charge is 0.318 e. The van der Waals surface area contributed by atoms with Crippen LogP contribution in [0.2, 0.25) is 0 Å². The molecule has 17 heavy (non-hydrogen) atoms. The lowest BCUT2D eigenvalue weighted by Crippen LogP contribution is -2.25. The fourth-order valence-electron chi connectivity index (χ4n) is 2.27. The number of rotatable bonds is 4. The Hall–Kier alpha value is -1.84. The Kier molecular flexibility index (Phi) is 3.13. The summed E-state index contributed by atoms with van der Waals surface area (Å²) < 4.78 is 0. The van der Waals surface area contributed by atoms with Gasteiger partial charge >= 0.3 is 11.9 Å². The molecule has 0 amide bonds. The van der Waals surface area contributed by atoms with Gasteiger partial charge in [0, 0.05) is 0 Å². The molecule has 0 heterocycles. The first-order valence-electron chi connectivity index (χ1n) is 5.64. The van der Waals surface area contributed by atoms with Crippen molar-refractivity contribution in [3.8, 4) is 0 Å². The fourth-order valence-corrected chi connectivity index (χ4v) is 2.27. The third-order valence-corrected chi connectivity index (χ3v) is 3.20. The maximum Gasteiger partial charge on any atom is 0.318 e. The van der Waals surface area contributed by atoms with E-state index in [2.05, 4.69) is 0 Å². The van der Waals surface area contributed by atoms with Crippen LogP contribution < -0.4 is 0 Å². The van der Waals surface area contributed by atoms with E-state index >= 15 is 0 Å². The van der Waals surface area contributed by atoms with Gasteiger partial charge in [-0.15, -0.1) is 0 Å². The highest BCUT2D eigenvalue weighted by Gasteiger charge is 2.26. The minimum atomic E-state index is -1.35. The topological polar surface area (TPSA) is 74.6 Å². The molecule has 0 spiro atoms. The second-order valence-electron chi connectivity index (χ2n) is 4.39. The summed E-state index contributed by atoms with van der Waals surface area (Å²) in [6, 6.07) is 5.77. The van der Waals surface area contributed by atoms with Crippen molar-refractivity contribution < 1.29 is 19.8 Å². The average Bonchev–Trinajstić information content (AvgIpc) is 2.71. The van der Waals surface area contributed by atoms with Crippen LogP contribution in [0, 0.1) is 5.92 Å². The van der Waals surface area contributed by atoms with Crippen molar-refractivity contribution in [3.63, 3.8) is 0 Å². The van der Waals surface area contributed by atoms with Crippen molar-refractivity contribution in [1.82, 2.24) is 0 Å². The number of benzene rings is 1. The number of hydrogen-bond donors (Lipinski definition) is 2. The van der Waals surface area contributed by atoms with Crippen LogP contribution in [0.3, 0.4) is 0 Å². The molecule has 0 aromatic heterocycles. The summed E-state index contributed by atoms with van der Waals surface area (Å²) in [6.45, 7) is 0. The van der Waals surface area contributed by atoms with Gasteiger partial charge in [-0.1, -0.05) is 18.2 Å². The van der Waals surface area contributed by atoms with Crippen LogP contribution in [0.4, 0.5) is 0 Å². The minimum absolute atomic E-state index is 0.0535. The van der Waals surface area contributed by atoms with Crippen LogP contribution in [0.25, 0.3) is 0 Å². The molecule has 2 N–H and O–H groups in total. The highest BCUT2D eigenvalue weighted by atomic mass is 16.4. The Labute approximate surface area is 98.9 Å². The van der Waals surface area contributed by atoms with Crippen molar-refractivity contribution >= 4 is 11.9 Å². The van der Waals surface area contributed by atoms with E-state index in [1.54, 1.807) is 0 Å². The van der Waals surface area contributed by atoms with Gasteiger partial charge in [0.05, 0.1) is 0 Å². The summed E-state index contributed by atoms with van der Waals surface area (Å²) in [5.41, 5.74) is 3.33. The van der Waals surface area contributed by atoms with Crippen molar-refractivity contribution in [1.29, 1.82) is 0 Å². The molecule has 0 fully saturated rings. The molecule has 0 aliphatic heterocycles. The lowest BCUT2D eigenvalue weighted by atomic mass is 9.97. The Morgan fingerprint density at radius 2 is 1.76 bits per heavy atom. The summed E-state index contributed by atoms with van der Waals surface area (Å²) >= 11 is 0. The predicted octanol–water partition coefficient (Wildman–Crippen LogP) is 1.50. The maximum absolute atomic E-state index is 10.8. The highest BCUT2D eigenvalue weighted by molar-refractivity contribution is 5.93. The Balaban J connectivity index is 2.18. The van der Waals surface area contributed by atoms with Gasteiger partial charge in [-0.2, -0.15) is 0 Å². The number of aliphatic carboxylic acids is 2. The zero-order valence-corrected chi connectivity index (χ0v) is 9.35. The summed E-state index contributed by atoms with van der Waals surface area (Å²) in [7, 11) is 0. The Morgan fingerprint density at radius 3 is 2.41 bits per heavy atom. The minimum Gasteiger partial charge on any atom is -0.481 e. The van der Waals surface area contributed by atoms with E-state index in [0.29, 0.717) is 0 Å². The average molecular weight is 234 g/mol. The van der Waals surface area contributed by atoms with Crippen molar-refractivity contribution in [2.24, 2.45) is 5.92 Å². The molecule has 1 aliphatic rings. The van der Waals surface area contributed by atoms with Gasteiger partial charge < -0.3 is 10.2 Å². The molecule has 0 unspecified atom stereocenters. The number of carbonyl (C=O) groups is 2. The van der Waals surface area contributed by atoms with Crippen molar-refractivity contribution in [2.45, 2.75) is 25.7 Å². The molecule has 1 aromatic rings. The van der Waals surface area contributed by atoms with E-state index in [-0.39, 0.29) is 6.42 Å². The molecular weight excluding hydrogens is 220 g/mol. The van der Waals surface area contributed by atoms with E-state index < -0.39 is 17.9 Å². The second-order valence-corrected chi connectivity index (χ2v) is 4.39. The van der Waals surface area contributed by atoms with Gasteiger partial charge in [0.1, 0.15) is 0 Å². The van der Waals surface area contributed by atoms with Gasteiger partial charge in [-0.05, 0) is 42.4 Å². The number of aryl methyl sites for hydroxylation is 2. The fraction of sp³-hybridized carbons (Fsp3) is 0.385. The predicted molar refractivity (Wildman–Crippen MR) is 60.9 cm³/mol. The van der Waals surface area contributed by atoms with Crippen LogP contribution in [-0.2, 0) is 28.9 Å². The second kappa shape index (κ2) is 4.57. The van der Waals surface area contributed by atoms with Crippen molar-refractivity contribution in [3.05, 3.63) is 34.9 Å². The number of fused-ring (bicyclic) bond motifs is 1. The SMILES string of the molecule is O=C(O)C(Cc1ccc2c(c1)CCC2)C(=O)O. The first kappa shape index (κ1) is 11.6. The zero-order chi connectivity index (χ0) is 12.4. The number of carboxylic acid groups (broad SMARTS) is 2. The lowest BCUT2D eigenvalue weighted by Gasteiger charge is -2.09. The summed E-state index contributed by atoms with van der Waals surface area (Å²) in [5, 5.41) is 17.6. The third-order valence-electron chi connectivity index (χ3n) is 3.20. The van der Waals surface area contributed by atoms with E-state index in [4.69, 9.17) is 10.2 Å². The Bertz CT molecular complexity index is 450. The van der Waals surface area contributed by atoms with Crippen LogP contribution in [-0.4, -0.2) is 22.2 Å². The molecule has 0 bridgehead atoms. The summed E-state index contributed by atoms with van der Waals surface area (Å²) in [4.78, 5) is 21.6. The van der Waals surface area contributed by atoms with E-state index in [9.17, 15) is 9.59 Å². The molecule has 0 radical (unpaired) electrons. The molecule has 0 saturated carbocycles. The highest BCUT2D eigenvalue weighted by Crippen LogP contribution is 2.24. The van der Waals surface area contributed by atoms with Gasteiger partial charge in [-0.25, -0.2) is 0 Å². The van der Waals surface area contributed by atoms with Crippen LogP contribution in [0.15, 0.2) is 18.2 Å². The zero-order valence-electron chi connectivity index (χ0n) is 9.35. The first-order valence-corrected chi connectivity index (χ1v) is 5.64. The third kappa shape index (κ3) is 2.46. The molecule has 2 rings (SSSR count). The molecule has 90 valence electrons. The van der Waals surface area contributed by atoms with Crippen LogP contribution in [0.5, 0.6) is 0 Å².